The molecule has 0 aromatic heterocycles. The molecular weight excluding hydrogens is 346 g/mol. The summed E-state index contributed by atoms with van der Waals surface area (Å²) in [6.07, 6.45) is 0. The first-order chi connectivity index (χ1) is 12.7. The van der Waals surface area contributed by atoms with Gasteiger partial charge in [-0.05, 0) is 35.5 Å². The average Bonchev–Trinajstić information content (AvgIpc) is 2.68. The first-order valence-electron chi connectivity index (χ1n) is 8.80. The van der Waals surface area contributed by atoms with E-state index in [4.69, 9.17) is 21.7 Å². The van der Waals surface area contributed by atoms with Crippen molar-refractivity contribution in [1.29, 1.82) is 0 Å². The van der Waals surface area contributed by atoms with Crippen LogP contribution in [0.15, 0.2) is 48.5 Å². The van der Waals surface area contributed by atoms with Crippen LogP contribution < -0.4 is 15.4 Å². The zero-order chi connectivity index (χ0) is 18.2. The molecule has 0 unspecified atom stereocenters. The third-order valence-corrected chi connectivity index (χ3v) is 4.56. The van der Waals surface area contributed by atoms with Crippen molar-refractivity contribution in [2.24, 2.45) is 0 Å². The van der Waals surface area contributed by atoms with Gasteiger partial charge in [-0.15, -0.1) is 0 Å². The summed E-state index contributed by atoms with van der Waals surface area (Å²) in [4.78, 5) is 2.42. The number of anilines is 1. The molecule has 0 amide bonds. The number of benzene rings is 2. The van der Waals surface area contributed by atoms with Gasteiger partial charge in [0.15, 0.2) is 5.11 Å². The van der Waals surface area contributed by atoms with Crippen molar-refractivity contribution in [1.82, 2.24) is 10.2 Å². The van der Waals surface area contributed by atoms with E-state index in [2.05, 4.69) is 39.8 Å². The summed E-state index contributed by atoms with van der Waals surface area (Å²) < 4.78 is 10.6. The van der Waals surface area contributed by atoms with Crippen LogP contribution in [-0.2, 0) is 17.8 Å². The molecule has 0 aliphatic carbocycles. The van der Waals surface area contributed by atoms with E-state index in [1.165, 1.54) is 11.1 Å². The third kappa shape index (κ3) is 5.69. The van der Waals surface area contributed by atoms with E-state index in [1.54, 1.807) is 7.11 Å². The molecule has 6 heteroatoms. The maximum absolute atomic E-state index is 5.39. The molecule has 138 valence electrons. The fourth-order valence-electron chi connectivity index (χ4n) is 2.84. The van der Waals surface area contributed by atoms with Crippen molar-refractivity contribution in [2.45, 2.75) is 13.1 Å². The topological polar surface area (TPSA) is 45.8 Å². The van der Waals surface area contributed by atoms with E-state index in [0.717, 1.165) is 44.3 Å². The number of hydrogen-bond acceptors (Lipinski definition) is 4. The summed E-state index contributed by atoms with van der Waals surface area (Å²) in [6, 6.07) is 16.4. The van der Waals surface area contributed by atoms with Crippen molar-refractivity contribution in [3.05, 3.63) is 59.7 Å². The van der Waals surface area contributed by atoms with E-state index in [-0.39, 0.29) is 0 Å². The Morgan fingerprint density at radius 3 is 2.58 bits per heavy atom. The number of nitrogens with zero attached hydrogens (tertiary/aromatic N) is 1. The van der Waals surface area contributed by atoms with Crippen molar-refractivity contribution in [2.75, 3.05) is 38.7 Å². The van der Waals surface area contributed by atoms with Gasteiger partial charge in [0.2, 0.25) is 0 Å². The predicted molar refractivity (Wildman–Crippen MR) is 109 cm³/mol. The Kier molecular flexibility index (Phi) is 6.82. The van der Waals surface area contributed by atoms with Gasteiger partial charge in [0.05, 0.1) is 20.3 Å². The zero-order valence-electron chi connectivity index (χ0n) is 15.0. The maximum atomic E-state index is 5.39. The highest BCUT2D eigenvalue weighted by molar-refractivity contribution is 7.80. The molecule has 0 radical (unpaired) electrons. The third-order valence-electron chi connectivity index (χ3n) is 4.31. The van der Waals surface area contributed by atoms with Gasteiger partial charge in [-0.2, -0.15) is 0 Å². The van der Waals surface area contributed by atoms with Crippen LogP contribution in [0.3, 0.4) is 0 Å². The molecule has 1 aliphatic rings. The normalized spacial score (nSPS) is 14.7. The summed E-state index contributed by atoms with van der Waals surface area (Å²) in [5, 5.41) is 7.01. The quantitative estimate of drug-likeness (QED) is 0.761. The number of rotatable bonds is 6. The fraction of sp³-hybridized carbons (Fsp3) is 0.350. The minimum absolute atomic E-state index is 0.593. The van der Waals surface area contributed by atoms with Gasteiger partial charge in [0.25, 0.3) is 0 Å². The average molecular weight is 372 g/mol. The Balaban J connectivity index is 1.45. The standard InChI is InChI=1S/C20H25N3O2S/c1-24-19-4-2-3-18(13-19)22-20(26)21-14-16-5-7-17(8-6-16)15-23-9-11-25-12-10-23/h2-8,13H,9-12,14-15H2,1H3,(H2,21,22,26). The van der Waals surface area contributed by atoms with Crippen LogP contribution in [0.1, 0.15) is 11.1 Å². The molecule has 0 atom stereocenters. The van der Waals surface area contributed by atoms with Crippen LogP contribution in [0, 0.1) is 0 Å². The van der Waals surface area contributed by atoms with Gasteiger partial charge < -0.3 is 20.1 Å². The number of thiocarbonyl (C=S) groups is 1. The zero-order valence-corrected chi connectivity index (χ0v) is 15.8. The molecule has 1 fully saturated rings. The van der Waals surface area contributed by atoms with Crippen LogP contribution in [0.5, 0.6) is 5.75 Å². The van der Waals surface area contributed by atoms with Crippen LogP contribution >= 0.6 is 12.2 Å². The maximum Gasteiger partial charge on any atom is 0.171 e. The Morgan fingerprint density at radius 2 is 1.85 bits per heavy atom. The molecule has 5 nitrogen and oxygen atoms in total. The highest BCUT2D eigenvalue weighted by Crippen LogP contribution is 2.16. The molecule has 2 N–H and O–H groups in total. The minimum atomic E-state index is 0.593. The molecule has 0 saturated carbocycles. The highest BCUT2D eigenvalue weighted by atomic mass is 32.1. The van der Waals surface area contributed by atoms with Gasteiger partial charge in [-0.25, -0.2) is 0 Å². The van der Waals surface area contributed by atoms with Gasteiger partial charge in [0.1, 0.15) is 5.75 Å². The van der Waals surface area contributed by atoms with Gasteiger partial charge in [-0.1, -0.05) is 30.3 Å². The van der Waals surface area contributed by atoms with Crippen LogP contribution in [0.4, 0.5) is 5.69 Å². The Hall–Kier alpha value is -2.15. The molecule has 1 aliphatic heterocycles. The number of methoxy groups -OCH3 is 1. The molecule has 0 spiro atoms. The van der Waals surface area contributed by atoms with Gasteiger partial charge in [-0.3, -0.25) is 4.90 Å². The molecule has 1 saturated heterocycles. The summed E-state index contributed by atoms with van der Waals surface area (Å²) in [7, 11) is 1.65. The fourth-order valence-corrected chi connectivity index (χ4v) is 3.03. The van der Waals surface area contributed by atoms with Crippen LogP contribution in [0.2, 0.25) is 0 Å². The molecule has 2 aromatic carbocycles. The largest absolute Gasteiger partial charge is 0.497 e. The Bertz CT molecular complexity index is 715. The second-order valence-electron chi connectivity index (χ2n) is 6.24. The summed E-state index contributed by atoms with van der Waals surface area (Å²) in [6.45, 7) is 5.35. The van der Waals surface area contributed by atoms with E-state index >= 15 is 0 Å². The first-order valence-corrected chi connectivity index (χ1v) is 9.20. The molecule has 1 heterocycles. The number of hydrogen-bond donors (Lipinski definition) is 2. The van der Waals surface area contributed by atoms with Crippen LogP contribution in [-0.4, -0.2) is 43.4 Å². The van der Waals surface area contributed by atoms with Crippen molar-refractivity contribution in [3.8, 4) is 5.75 Å². The number of morpholine rings is 1. The summed E-state index contributed by atoms with van der Waals surface area (Å²) >= 11 is 5.37. The lowest BCUT2D eigenvalue weighted by atomic mass is 10.1. The van der Waals surface area contributed by atoms with Crippen molar-refractivity contribution >= 4 is 23.0 Å². The second kappa shape index (κ2) is 9.52. The highest BCUT2D eigenvalue weighted by Gasteiger charge is 2.10. The minimum Gasteiger partial charge on any atom is -0.497 e. The monoisotopic (exact) mass is 371 g/mol. The van der Waals surface area contributed by atoms with E-state index < -0.39 is 0 Å². The predicted octanol–water partition coefficient (Wildman–Crippen LogP) is 3.01. The number of ether oxygens (including phenoxy) is 2. The SMILES string of the molecule is COc1cccc(NC(=S)NCc2ccc(CN3CCOCC3)cc2)c1. The van der Waals surface area contributed by atoms with E-state index in [9.17, 15) is 0 Å². The lowest BCUT2D eigenvalue weighted by Gasteiger charge is -2.26. The molecule has 26 heavy (non-hydrogen) atoms. The Labute approximate surface area is 160 Å². The molecule has 2 aromatic rings. The van der Waals surface area contributed by atoms with E-state index in [1.807, 2.05) is 24.3 Å². The number of nitrogens with one attached hydrogen (secondary N) is 2. The first kappa shape index (κ1) is 18.6. The van der Waals surface area contributed by atoms with Crippen molar-refractivity contribution in [3.63, 3.8) is 0 Å². The van der Waals surface area contributed by atoms with E-state index in [0.29, 0.717) is 11.7 Å². The summed E-state index contributed by atoms with van der Waals surface area (Å²) in [5.41, 5.74) is 3.43. The van der Waals surface area contributed by atoms with Crippen LogP contribution in [0.25, 0.3) is 0 Å². The molecular formula is C20H25N3O2S. The lowest BCUT2D eigenvalue weighted by molar-refractivity contribution is 0.0342. The molecule has 0 bridgehead atoms. The molecule has 3 rings (SSSR count). The lowest BCUT2D eigenvalue weighted by Crippen LogP contribution is -2.35. The Morgan fingerprint density at radius 1 is 1.12 bits per heavy atom. The smallest absolute Gasteiger partial charge is 0.171 e. The second-order valence-corrected chi connectivity index (χ2v) is 6.65. The van der Waals surface area contributed by atoms with Gasteiger partial charge in [0, 0.05) is 37.9 Å². The summed E-state index contributed by atoms with van der Waals surface area (Å²) in [5.74, 6) is 0.800. The van der Waals surface area contributed by atoms with Crippen molar-refractivity contribution < 1.29 is 9.47 Å². The van der Waals surface area contributed by atoms with Gasteiger partial charge >= 0.3 is 0 Å².